The Kier molecular flexibility index (Phi) is 2.59. The first-order valence-electron chi connectivity index (χ1n) is 4.66. The highest BCUT2D eigenvalue weighted by molar-refractivity contribution is 9.10. The fourth-order valence-electron chi connectivity index (χ4n) is 1.46. The molecule has 2 nitrogen and oxygen atoms in total. The average Bonchev–Trinajstić information content (AvgIpc) is 2.47. The molecule has 1 aliphatic heterocycles. The summed E-state index contributed by atoms with van der Waals surface area (Å²) in [5, 5.41) is 0. The van der Waals surface area contributed by atoms with Crippen LogP contribution in [0.3, 0.4) is 0 Å². The Bertz CT molecular complexity index is 385. The molecule has 74 valence electrons. The smallest absolute Gasteiger partial charge is 0.217 e. The van der Waals surface area contributed by atoms with Crippen molar-refractivity contribution in [2.45, 2.75) is 26.5 Å². The van der Waals surface area contributed by atoms with E-state index < -0.39 is 0 Å². The lowest BCUT2D eigenvalue weighted by Crippen LogP contribution is -2.02. The molecule has 2 rings (SSSR count). The normalized spacial score (nSPS) is 17.3. The van der Waals surface area contributed by atoms with Crippen LogP contribution in [0.1, 0.15) is 25.0 Å². The molecule has 1 aliphatic rings. The molecule has 1 heterocycles. The van der Waals surface area contributed by atoms with Crippen LogP contribution in [0.4, 0.5) is 0 Å². The molecule has 0 spiro atoms. The molecule has 0 fully saturated rings. The average molecular weight is 254 g/mol. The molecule has 14 heavy (non-hydrogen) atoms. The van der Waals surface area contributed by atoms with E-state index in [4.69, 9.17) is 4.74 Å². The van der Waals surface area contributed by atoms with Gasteiger partial charge < -0.3 is 4.74 Å². The van der Waals surface area contributed by atoms with Crippen LogP contribution < -0.4 is 0 Å². The summed E-state index contributed by atoms with van der Waals surface area (Å²) in [5.74, 6) is 0.780. The van der Waals surface area contributed by atoms with Gasteiger partial charge in [0.25, 0.3) is 0 Å². The Labute approximate surface area is 92.1 Å². The molecule has 3 heteroatoms. The Morgan fingerprint density at radius 3 is 2.93 bits per heavy atom. The minimum atomic E-state index is 0.277. The molecule has 0 unspecified atom stereocenters. The summed E-state index contributed by atoms with van der Waals surface area (Å²) in [6.07, 6.45) is 0. The maximum Gasteiger partial charge on any atom is 0.217 e. The molecule has 0 saturated carbocycles. The number of rotatable bonds is 1. The van der Waals surface area contributed by atoms with Gasteiger partial charge in [0, 0.05) is 21.6 Å². The fraction of sp³-hybridized carbons (Fsp3) is 0.364. The van der Waals surface area contributed by atoms with Gasteiger partial charge in [-0.2, -0.15) is 0 Å². The van der Waals surface area contributed by atoms with E-state index in [9.17, 15) is 0 Å². The van der Waals surface area contributed by atoms with Gasteiger partial charge in [0.15, 0.2) is 0 Å². The minimum Gasteiger partial charge on any atom is -0.473 e. The van der Waals surface area contributed by atoms with Crippen LogP contribution in [0.15, 0.2) is 27.7 Å². The highest BCUT2D eigenvalue weighted by Crippen LogP contribution is 2.24. The molecule has 0 amide bonds. The predicted octanol–water partition coefficient (Wildman–Crippen LogP) is 3.13. The summed E-state index contributed by atoms with van der Waals surface area (Å²) in [4.78, 5) is 4.43. The summed E-state index contributed by atoms with van der Waals surface area (Å²) >= 11 is 3.44. The molecule has 0 N–H and O–H groups in total. The maximum atomic E-state index is 5.52. The van der Waals surface area contributed by atoms with Crippen molar-refractivity contribution in [2.75, 3.05) is 0 Å². The zero-order valence-corrected chi connectivity index (χ0v) is 9.84. The standard InChI is InChI=1S/C11H12BrNO/c1-7(2)13-11-10-4-3-9(12)5-8(10)6-14-11/h3-5,7H,6H2,1-2H3. The lowest BCUT2D eigenvalue weighted by atomic mass is 10.1. The van der Waals surface area contributed by atoms with Crippen molar-refractivity contribution >= 4 is 21.8 Å². The summed E-state index contributed by atoms with van der Waals surface area (Å²) in [7, 11) is 0. The van der Waals surface area contributed by atoms with Gasteiger partial charge in [0.05, 0.1) is 0 Å². The molecule has 0 saturated heterocycles. The number of hydrogen-bond acceptors (Lipinski definition) is 2. The first-order valence-corrected chi connectivity index (χ1v) is 5.45. The van der Waals surface area contributed by atoms with Crippen LogP contribution in [0.25, 0.3) is 0 Å². The zero-order chi connectivity index (χ0) is 10.1. The number of halogens is 1. The van der Waals surface area contributed by atoms with E-state index in [1.807, 2.05) is 26.0 Å². The Balaban J connectivity index is 2.40. The van der Waals surface area contributed by atoms with E-state index >= 15 is 0 Å². The summed E-state index contributed by atoms with van der Waals surface area (Å²) in [6, 6.07) is 6.43. The first kappa shape index (κ1) is 9.71. The highest BCUT2D eigenvalue weighted by atomic mass is 79.9. The molecule has 1 aromatic rings. The van der Waals surface area contributed by atoms with Gasteiger partial charge in [0.2, 0.25) is 5.90 Å². The second kappa shape index (κ2) is 3.73. The number of fused-ring (bicyclic) bond motifs is 1. The van der Waals surface area contributed by atoms with Crippen LogP contribution in [0, 0.1) is 0 Å². The van der Waals surface area contributed by atoms with Gasteiger partial charge >= 0.3 is 0 Å². The van der Waals surface area contributed by atoms with Crippen molar-refractivity contribution in [3.05, 3.63) is 33.8 Å². The Morgan fingerprint density at radius 1 is 1.43 bits per heavy atom. The highest BCUT2D eigenvalue weighted by Gasteiger charge is 2.19. The van der Waals surface area contributed by atoms with E-state index in [0.717, 1.165) is 15.9 Å². The molecule has 0 aromatic heterocycles. The number of nitrogens with zero attached hydrogens (tertiary/aromatic N) is 1. The van der Waals surface area contributed by atoms with E-state index in [2.05, 4.69) is 27.0 Å². The van der Waals surface area contributed by atoms with Crippen LogP contribution in [0.5, 0.6) is 0 Å². The third kappa shape index (κ3) is 1.82. The van der Waals surface area contributed by atoms with Crippen molar-refractivity contribution in [1.29, 1.82) is 0 Å². The van der Waals surface area contributed by atoms with E-state index in [-0.39, 0.29) is 6.04 Å². The van der Waals surface area contributed by atoms with Crippen LogP contribution in [-0.4, -0.2) is 11.9 Å². The summed E-state index contributed by atoms with van der Waals surface area (Å²) < 4.78 is 6.61. The lowest BCUT2D eigenvalue weighted by molar-refractivity contribution is 0.310. The van der Waals surface area contributed by atoms with Crippen molar-refractivity contribution < 1.29 is 4.74 Å². The SMILES string of the molecule is CC(C)N=C1OCc2cc(Br)ccc21. The Hall–Kier alpha value is -0.830. The second-order valence-corrected chi connectivity index (χ2v) is 4.53. The largest absolute Gasteiger partial charge is 0.473 e. The van der Waals surface area contributed by atoms with Crippen molar-refractivity contribution in [1.82, 2.24) is 0 Å². The first-order chi connectivity index (χ1) is 6.66. The quantitative estimate of drug-likeness (QED) is 0.754. The lowest BCUT2D eigenvalue weighted by Gasteiger charge is -2.01. The van der Waals surface area contributed by atoms with Gasteiger partial charge in [-0.05, 0) is 32.0 Å². The van der Waals surface area contributed by atoms with Gasteiger partial charge in [-0.15, -0.1) is 0 Å². The van der Waals surface area contributed by atoms with Crippen molar-refractivity contribution in [3.63, 3.8) is 0 Å². The van der Waals surface area contributed by atoms with Crippen LogP contribution in [-0.2, 0) is 11.3 Å². The van der Waals surface area contributed by atoms with Crippen LogP contribution in [0.2, 0.25) is 0 Å². The number of hydrogen-bond donors (Lipinski definition) is 0. The molecule has 1 aromatic carbocycles. The number of aliphatic imine (C=N–C) groups is 1. The fourth-order valence-corrected chi connectivity index (χ4v) is 1.86. The minimum absolute atomic E-state index is 0.277. The Morgan fingerprint density at radius 2 is 2.21 bits per heavy atom. The van der Waals surface area contributed by atoms with Gasteiger partial charge in [0.1, 0.15) is 6.61 Å². The van der Waals surface area contributed by atoms with Gasteiger partial charge in [-0.1, -0.05) is 15.9 Å². The van der Waals surface area contributed by atoms with Gasteiger partial charge in [-0.3, -0.25) is 0 Å². The molecule has 0 atom stereocenters. The molecule has 0 bridgehead atoms. The van der Waals surface area contributed by atoms with Crippen molar-refractivity contribution in [3.8, 4) is 0 Å². The second-order valence-electron chi connectivity index (χ2n) is 3.62. The molecule has 0 radical (unpaired) electrons. The van der Waals surface area contributed by atoms with Crippen molar-refractivity contribution in [2.24, 2.45) is 4.99 Å². The van der Waals surface area contributed by atoms with E-state index in [1.165, 1.54) is 5.56 Å². The maximum absolute atomic E-state index is 5.52. The zero-order valence-electron chi connectivity index (χ0n) is 8.25. The predicted molar refractivity (Wildman–Crippen MR) is 60.6 cm³/mol. The summed E-state index contributed by atoms with van der Waals surface area (Å²) in [6.45, 7) is 4.74. The molecule has 0 aliphatic carbocycles. The van der Waals surface area contributed by atoms with E-state index in [0.29, 0.717) is 6.61 Å². The molecular weight excluding hydrogens is 242 g/mol. The number of benzene rings is 1. The monoisotopic (exact) mass is 253 g/mol. The topological polar surface area (TPSA) is 21.6 Å². The number of ether oxygens (including phenoxy) is 1. The summed E-state index contributed by atoms with van der Waals surface area (Å²) in [5.41, 5.74) is 2.33. The van der Waals surface area contributed by atoms with Gasteiger partial charge in [-0.25, -0.2) is 4.99 Å². The van der Waals surface area contributed by atoms with E-state index in [1.54, 1.807) is 0 Å². The van der Waals surface area contributed by atoms with Crippen LogP contribution >= 0.6 is 15.9 Å². The molecular formula is C11H12BrNO. The third-order valence-corrected chi connectivity index (χ3v) is 2.53. The third-order valence-electron chi connectivity index (χ3n) is 2.04.